The fourth-order valence-corrected chi connectivity index (χ4v) is 2.16. The van der Waals surface area contributed by atoms with Crippen molar-refractivity contribution in [3.05, 3.63) is 52.5 Å². The molecule has 2 N–H and O–H groups in total. The van der Waals surface area contributed by atoms with Crippen molar-refractivity contribution in [1.29, 1.82) is 0 Å². The number of hydrogen-bond donors (Lipinski definition) is 2. The van der Waals surface area contributed by atoms with Crippen LogP contribution in [0.15, 0.2) is 42.5 Å². The van der Waals surface area contributed by atoms with Crippen molar-refractivity contribution in [2.45, 2.75) is 0 Å². The molecule has 154 valence electrons. The fraction of sp³-hybridized carbons (Fsp3) is 0.235. The highest BCUT2D eigenvalue weighted by Gasteiger charge is 2.11. The van der Waals surface area contributed by atoms with Gasteiger partial charge < -0.3 is 15.2 Å². The third kappa shape index (κ3) is 8.87. The quantitative estimate of drug-likeness (QED) is 0.417. The Hall–Kier alpha value is -1.88. The Morgan fingerprint density at radius 2 is 1.43 bits per heavy atom. The number of quaternary nitrogens is 1. The Balaban J connectivity index is 0.000000568. The lowest BCUT2D eigenvalue weighted by molar-refractivity contribution is 0.262. The molecule has 28 heavy (non-hydrogen) atoms. The Bertz CT molecular complexity index is 913. The zero-order chi connectivity index (χ0) is 21.5. The molecule has 2 aromatic carbocycles. The summed E-state index contributed by atoms with van der Waals surface area (Å²) in [6.07, 6.45) is 0. The van der Waals surface area contributed by atoms with Gasteiger partial charge in [-0.2, -0.15) is 0 Å². The molecule has 0 spiro atoms. The first-order valence-corrected chi connectivity index (χ1v) is 9.87. The Labute approximate surface area is 174 Å². The molecule has 0 aliphatic carbocycles. The second-order valence-corrected chi connectivity index (χ2v) is 8.31. The van der Waals surface area contributed by atoms with E-state index in [0.29, 0.717) is 15.7 Å². The van der Waals surface area contributed by atoms with Gasteiger partial charge in [0.25, 0.3) is 0 Å². The molecule has 2 rings (SSSR count). The summed E-state index contributed by atoms with van der Waals surface area (Å²) in [6.45, 7) is 0. The van der Waals surface area contributed by atoms with E-state index in [4.69, 9.17) is 23.2 Å². The van der Waals surface area contributed by atoms with Crippen LogP contribution in [0.4, 0.5) is 21.9 Å². The van der Waals surface area contributed by atoms with E-state index in [-0.39, 0.29) is 6.03 Å². The van der Waals surface area contributed by atoms with Gasteiger partial charge in [-0.25, -0.2) is 13.2 Å². The zero-order valence-corrected chi connectivity index (χ0v) is 18.0. The van der Waals surface area contributed by atoms with E-state index in [1.807, 2.05) is 24.3 Å². The van der Waals surface area contributed by atoms with Crippen molar-refractivity contribution in [3.8, 4) is 0 Å². The lowest BCUT2D eigenvalue weighted by Gasteiger charge is -2.23. The third-order valence-corrected chi connectivity index (χ3v) is 4.43. The molecule has 0 bridgehead atoms. The van der Waals surface area contributed by atoms with Gasteiger partial charge in [0.1, 0.15) is 5.69 Å². The van der Waals surface area contributed by atoms with Crippen LogP contribution in [0, 0.1) is 0 Å². The normalized spacial score (nSPS) is 11.2. The first-order chi connectivity index (χ1) is 12.8. The average molecular weight is 450 g/mol. The summed E-state index contributed by atoms with van der Waals surface area (Å²) in [6, 6.07) is 12.3. The van der Waals surface area contributed by atoms with E-state index in [2.05, 4.69) is 36.0 Å². The molecule has 0 aliphatic rings. The first kappa shape index (κ1) is 24.2. The number of carbonyl (C=O) groups excluding carboxylic acids is 1. The molecule has 0 radical (unpaired) electrons. The molecule has 0 saturated carbocycles. The molecular formula is C17H21Cl2N3O5S. The van der Waals surface area contributed by atoms with Gasteiger partial charge in [0.2, 0.25) is 10.4 Å². The van der Waals surface area contributed by atoms with Gasteiger partial charge in [-0.3, -0.25) is 8.67 Å². The highest BCUT2D eigenvalue weighted by Crippen LogP contribution is 2.25. The standard InChI is InChI=1S/C16H17Cl2N3O.CH4O4S/c1-21(2,3)13-7-4-11(5-8-13)19-16(22)20-12-6-9-14(17)15(18)10-12;1-5-6(2,3)4/h4-10H,1-3H3,(H-,19,20,22);1H3,(H,2,3,4). The molecule has 0 heterocycles. The Morgan fingerprint density at radius 1 is 0.964 bits per heavy atom. The topological polar surface area (TPSA) is 108 Å². The van der Waals surface area contributed by atoms with Crippen molar-refractivity contribution < 1.29 is 21.9 Å². The number of nitrogens with zero attached hydrogens (tertiary/aromatic N) is 1. The minimum absolute atomic E-state index is 0.337. The van der Waals surface area contributed by atoms with Gasteiger partial charge in [0.15, 0.2) is 0 Å². The summed E-state index contributed by atoms with van der Waals surface area (Å²) < 4.78 is 31.7. The van der Waals surface area contributed by atoms with E-state index >= 15 is 0 Å². The van der Waals surface area contributed by atoms with Gasteiger partial charge in [0, 0.05) is 23.5 Å². The summed E-state index contributed by atoms with van der Waals surface area (Å²) in [5.41, 5.74) is 2.44. The average Bonchev–Trinajstić information content (AvgIpc) is 2.58. The van der Waals surface area contributed by atoms with E-state index in [0.717, 1.165) is 23.0 Å². The maximum Gasteiger partial charge on any atom is 0.323 e. The van der Waals surface area contributed by atoms with Gasteiger partial charge in [-0.05, 0) is 30.3 Å². The smallest absolute Gasteiger partial charge is 0.323 e. The minimum Gasteiger partial charge on any atom is -0.726 e. The number of urea groups is 1. The first-order valence-electron chi connectivity index (χ1n) is 7.78. The molecule has 0 aromatic heterocycles. The second-order valence-electron chi connectivity index (χ2n) is 6.34. The van der Waals surface area contributed by atoms with Gasteiger partial charge in [0.05, 0.1) is 38.3 Å². The zero-order valence-electron chi connectivity index (χ0n) is 15.7. The summed E-state index contributed by atoms with van der Waals surface area (Å²) >= 11 is 11.7. The number of hydrogen-bond acceptors (Lipinski definition) is 5. The van der Waals surface area contributed by atoms with E-state index < -0.39 is 10.4 Å². The maximum atomic E-state index is 12.0. The van der Waals surface area contributed by atoms with Crippen molar-refractivity contribution in [3.63, 3.8) is 0 Å². The summed E-state index contributed by atoms with van der Waals surface area (Å²) in [5, 5.41) is 6.32. The number of anilines is 2. The van der Waals surface area contributed by atoms with Crippen molar-refractivity contribution in [2.75, 3.05) is 38.9 Å². The predicted octanol–water partition coefficient (Wildman–Crippen LogP) is 3.93. The number of halogens is 2. The predicted molar refractivity (Wildman–Crippen MR) is 112 cm³/mol. The summed E-state index contributed by atoms with van der Waals surface area (Å²) in [5.74, 6) is 0. The van der Waals surface area contributed by atoms with Gasteiger partial charge in [-0.15, -0.1) is 0 Å². The second kappa shape index (κ2) is 10.1. The highest BCUT2D eigenvalue weighted by atomic mass is 35.5. The monoisotopic (exact) mass is 449 g/mol. The lowest BCUT2D eigenvalue weighted by Crippen LogP contribution is -2.34. The van der Waals surface area contributed by atoms with Crippen LogP contribution in [0.2, 0.25) is 10.0 Å². The van der Waals surface area contributed by atoms with Gasteiger partial charge in [-0.1, -0.05) is 23.2 Å². The number of amides is 2. The van der Waals surface area contributed by atoms with Crippen LogP contribution in [-0.2, 0) is 14.6 Å². The number of carbonyl (C=O) groups is 1. The van der Waals surface area contributed by atoms with Crippen molar-refractivity contribution in [1.82, 2.24) is 4.48 Å². The molecule has 0 saturated heterocycles. The lowest BCUT2D eigenvalue weighted by atomic mass is 10.2. The molecule has 0 unspecified atom stereocenters. The SMILES string of the molecule is COS(=O)(=O)[O-].C[N+](C)(C)c1ccc(NC(=O)Nc2ccc(Cl)c(Cl)c2)cc1. The molecule has 0 fully saturated rings. The van der Waals surface area contributed by atoms with Crippen LogP contribution in [0.5, 0.6) is 0 Å². The summed E-state index contributed by atoms with van der Waals surface area (Å²) in [7, 11) is 2.64. The molecule has 11 heteroatoms. The number of rotatable bonds is 4. The molecular weight excluding hydrogens is 429 g/mol. The van der Waals surface area contributed by atoms with E-state index in [1.54, 1.807) is 18.2 Å². The minimum atomic E-state index is -4.41. The van der Waals surface area contributed by atoms with Gasteiger partial charge >= 0.3 is 6.03 Å². The highest BCUT2D eigenvalue weighted by molar-refractivity contribution is 7.80. The van der Waals surface area contributed by atoms with Crippen LogP contribution >= 0.6 is 23.2 Å². The van der Waals surface area contributed by atoms with Crippen LogP contribution in [-0.4, -0.2) is 47.3 Å². The third-order valence-electron chi connectivity index (χ3n) is 3.28. The van der Waals surface area contributed by atoms with Crippen LogP contribution in [0.3, 0.4) is 0 Å². The van der Waals surface area contributed by atoms with Crippen LogP contribution in [0.25, 0.3) is 0 Å². The molecule has 0 aliphatic heterocycles. The maximum absolute atomic E-state index is 12.0. The largest absolute Gasteiger partial charge is 0.726 e. The summed E-state index contributed by atoms with van der Waals surface area (Å²) in [4.78, 5) is 12.0. The molecule has 0 atom stereocenters. The van der Waals surface area contributed by atoms with Crippen LogP contribution < -0.4 is 15.1 Å². The number of benzene rings is 2. The molecule has 2 amide bonds. The molecule has 8 nitrogen and oxygen atoms in total. The van der Waals surface area contributed by atoms with E-state index in [9.17, 15) is 17.8 Å². The molecule has 2 aromatic rings. The van der Waals surface area contributed by atoms with Crippen molar-refractivity contribution >= 4 is 56.7 Å². The fourth-order valence-electron chi connectivity index (χ4n) is 1.86. The van der Waals surface area contributed by atoms with Crippen LogP contribution in [0.1, 0.15) is 0 Å². The van der Waals surface area contributed by atoms with E-state index in [1.165, 1.54) is 0 Å². The Morgan fingerprint density at radius 3 is 1.86 bits per heavy atom. The Kier molecular flexibility index (Phi) is 8.68. The number of nitrogens with one attached hydrogen (secondary N) is 2. The van der Waals surface area contributed by atoms with Crippen molar-refractivity contribution in [2.24, 2.45) is 0 Å².